The molecule has 9 heteroatoms. The second-order valence-electron chi connectivity index (χ2n) is 6.02. The molecule has 26 heavy (non-hydrogen) atoms. The minimum absolute atomic E-state index is 0.0542. The molecule has 1 aromatic heterocycles. The Morgan fingerprint density at radius 2 is 1.92 bits per heavy atom. The summed E-state index contributed by atoms with van der Waals surface area (Å²) in [5.41, 5.74) is 0.340. The van der Waals surface area contributed by atoms with E-state index >= 15 is 0 Å². The first-order chi connectivity index (χ1) is 12.3. The van der Waals surface area contributed by atoms with Crippen LogP contribution >= 0.6 is 11.6 Å². The lowest BCUT2D eigenvalue weighted by Crippen LogP contribution is -2.54. The Hall–Kier alpha value is -2.16. The summed E-state index contributed by atoms with van der Waals surface area (Å²) < 4.78 is 28.4. The van der Waals surface area contributed by atoms with Gasteiger partial charge in [0.2, 0.25) is 0 Å². The van der Waals surface area contributed by atoms with E-state index in [1.54, 1.807) is 30.3 Å². The largest absolute Gasteiger partial charge is 0.459 e. The Morgan fingerprint density at radius 3 is 2.50 bits per heavy atom. The first kappa shape index (κ1) is 18.6. The number of nitrogens with one attached hydrogen (secondary N) is 2. The van der Waals surface area contributed by atoms with Crippen molar-refractivity contribution in [2.75, 3.05) is 11.5 Å². The zero-order valence-corrected chi connectivity index (χ0v) is 15.2. The summed E-state index contributed by atoms with van der Waals surface area (Å²) in [6.07, 6.45) is 0.637. The van der Waals surface area contributed by atoms with Crippen LogP contribution in [0.1, 0.15) is 27.3 Å². The maximum absolute atomic E-state index is 12.8. The van der Waals surface area contributed by atoms with E-state index in [-0.39, 0.29) is 17.3 Å². The molecule has 3 rings (SSSR count). The van der Waals surface area contributed by atoms with Crippen molar-refractivity contribution >= 4 is 33.1 Å². The molecule has 2 atom stereocenters. The molecule has 0 radical (unpaired) electrons. The van der Waals surface area contributed by atoms with Gasteiger partial charge in [-0.1, -0.05) is 11.6 Å². The standard InChI is InChI=1S/C17H17ClN2O5S/c18-12-5-3-11(4-6-12)15(21)16(19-13-7-9-26(23,24)10-13)20-17(22)14-2-1-8-25-14/h1-6,8,13,16,19H,7,9-10H2,(H,20,22)/t13-,16+/m1/s1. The lowest BCUT2D eigenvalue weighted by molar-refractivity contribution is 0.0816. The highest BCUT2D eigenvalue weighted by Crippen LogP contribution is 2.15. The molecular weight excluding hydrogens is 380 g/mol. The molecule has 1 aliphatic rings. The average Bonchev–Trinajstić information content (AvgIpc) is 3.24. The first-order valence-electron chi connectivity index (χ1n) is 7.95. The van der Waals surface area contributed by atoms with Gasteiger partial charge in [0.05, 0.1) is 17.8 Å². The number of rotatable bonds is 6. The first-order valence-corrected chi connectivity index (χ1v) is 10.1. The van der Waals surface area contributed by atoms with Crippen LogP contribution in [0.5, 0.6) is 0 Å². The van der Waals surface area contributed by atoms with Gasteiger partial charge in [-0.05, 0) is 42.8 Å². The van der Waals surface area contributed by atoms with Crippen molar-refractivity contribution in [3.63, 3.8) is 0 Å². The zero-order chi connectivity index (χ0) is 18.7. The number of furan rings is 1. The van der Waals surface area contributed by atoms with Crippen LogP contribution in [0, 0.1) is 0 Å². The Kier molecular flexibility index (Phi) is 5.45. The highest BCUT2D eigenvalue weighted by molar-refractivity contribution is 7.91. The number of hydrogen-bond donors (Lipinski definition) is 2. The van der Waals surface area contributed by atoms with Gasteiger partial charge in [-0.3, -0.25) is 14.9 Å². The van der Waals surface area contributed by atoms with Crippen LogP contribution in [0.25, 0.3) is 0 Å². The van der Waals surface area contributed by atoms with E-state index in [1.807, 2.05) is 0 Å². The maximum Gasteiger partial charge on any atom is 0.288 e. The SMILES string of the molecule is O=C(N[C@H](N[C@@H]1CCS(=O)(=O)C1)C(=O)c1ccc(Cl)cc1)c1ccco1. The smallest absolute Gasteiger partial charge is 0.288 e. The van der Waals surface area contributed by atoms with Crippen molar-refractivity contribution in [1.29, 1.82) is 0 Å². The van der Waals surface area contributed by atoms with E-state index in [4.69, 9.17) is 16.0 Å². The zero-order valence-electron chi connectivity index (χ0n) is 13.6. The number of halogens is 1. The van der Waals surface area contributed by atoms with Crippen molar-refractivity contribution in [2.24, 2.45) is 0 Å². The number of ketones is 1. The van der Waals surface area contributed by atoms with E-state index in [0.717, 1.165) is 0 Å². The molecule has 2 aromatic rings. The lowest BCUT2D eigenvalue weighted by atomic mass is 10.1. The summed E-state index contributed by atoms with van der Waals surface area (Å²) in [4.78, 5) is 25.1. The third-order valence-electron chi connectivity index (χ3n) is 4.05. The van der Waals surface area contributed by atoms with Crippen molar-refractivity contribution in [1.82, 2.24) is 10.6 Å². The van der Waals surface area contributed by atoms with Crippen molar-refractivity contribution in [3.8, 4) is 0 Å². The van der Waals surface area contributed by atoms with Gasteiger partial charge in [-0.25, -0.2) is 8.42 Å². The van der Waals surface area contributed by atoms with Gasteiger partial charge in [0.25, 0.3) is 5.91 Å². The van der Waals surface area contributed by atoms with Crippen LogP contribution in [-0.4, -0.2) is 43.8 Å². The van der Waals surface area contributed by atoms with Gasteiger partial charge >= 0.3 is 0 Å². The van der Waals surface area contributed by atoms with Crippen LogP contribution in [0.15, 0.2) is 47.1 Å². The second-order valence-corrected chi connectivity index (χ2v) is 8.69. The maximum atomic E-state index is 12.8. The second kappa shape index (κ2) is 7.61. The van der Waals surface area contributed by atoms with Gasteiger partial charge in [-0.15, -0.1) is 0 Å². The minimum atomic E-state index is -3.13. The fourth-order valence-corrected chi connectivity index (χ4v) is 4.55. The minimum Gasteiger partial charge on any atom is -0.459 e. The molecule has 1 aromatic carbocycles. The van der Waals surface area contributed by atoms with E-state index in [2.05, 4.69) is 10.6 Å². The molecule has 0 saturated carbocycles. The predicted molar refractivity (Wildman–Crippen MR) is 95.9 cm³/mol. The number of benzene rings is 1. The van der Waals surface area contributed by atoms with Gasteiger partial charge in [0.1, 0.15) is 6.17 Å². The molecule has 7 nitrogen and oxygen atoms in total. The predicted octanol–water partition coefficient (Wildman–Crippen LogP) is 1.65. The molecule has 2 N–H and O–H groups in total. The summed E-state index contributed by atoms with van der Waals surface area (Å²) in [5.74, 6) is -0.937. The molecule has 0 spiro atoms. The van der Waals surface area contributed by atoms with Crippen LogP contribution in [0.2, 0.25) is 5.02 Å². The van der Waals surface area contributed by atoms with E-state index in [0.29, 0.717) is 17.0 Å². The van der Waals surface area contributed by atoms with Crippen molar-refractivity contribution < 1.29 is 22.4 Å². The molecule has 138 valence electrons. The van der Waals surface area contributed by atoms with Crippen molar-refractivity contribution in [2.45, 2.75) is 18.6 Å². The molecule has 1 fully saturated rings. The Balaban J connectivity index is 1.79. The van der Waals surface area contributed by atoms with Gasteiger partial charge in [0.15, 0.2) is 21.4 Å². The van der Waals surface area contributed by atoms with Gasteiger partial charge in [0, 0.05) is 16.6 Å². The Labute approximate surface area is 155 Å². The highest BCUT2D eigenvalue weighted by atomic mass is 35.5. The monoisotopic (exact) mass is 396 g/mol. The van der Waals surface area contributed by atoms with E-state index in [1.165, 1.54) is 12.3 Å². The highest BCUT2D eigenvalue weighted by Gasteiger charge is 2.32. The molecule has 1 amide bonds. The quantitative estimate of drug-likeness (QED) is 0.568. The van der Waals surface area contributed by atoms with Crippen LogP contribution in [0.3, 0.4) is 0 Å². The summed E-state index contributed by atoms with van der Waals surface area (Å²) >= 11 is 5.84. The number of sulfone groups is 1. The van der Waals surface area contributed by atoms with E-state index in [9.17, 15) is 18.0 Å². The topological polar surface area (TPSA) is 105 Å². The summed E-state index contributed by atoms with van der Waals surface area (Å²) in [7, 11) is -3.13. The van der Waals surface area contributed by atoms with Crippen molar-refractivity contribution in [3.05, 3.63) is 59.0 Å². The number of carbonyl (C=O) groups is 2. The fraction of sp³-hybridized carbons (Fsp3) is 0.294. The summed E-state index contributed by atoms with van der Waals surface area (Å²) in [6, 6.07) is 8.84. The number of amides is 1. The third-order valence-corrected chi connectivity index (χ3v) is 6.07. The summed E-state index contributed by atoms with van der Waals surface area (Å²) in [5, 5.41) is 5.99. The number of carbonyl (C=O) groups excluding carboxylic acids is 2. The Bertz CT molecular complexity index is 894. The molecule has 0 unspecified atom stereocenters. The van der Waals surface area contributed by atoms with Crippen LogP contribution in [-0.2, 0) is 9.84 Å². The fourth-order valence-electron chi connectivity index (χ4n) is 2.74. The number of hydrogen-bond acceptors (Lipinski definition) is 6. The van der Waals surface area contributed by atoms with Gasteiger partial charge in [-0.2, -0.15) is 0 Å². The summed E-state index contributed by atoms with van der Waals surface area (Å²) in [6.45, 7) is 0. The molecule has 1 saturated heterocycles. The molecule has 0 bridgehead atoms. The van der Waals surface area contributed by atoms with E-state index < -0.39 is 33.7 Å². The average molecular weight is 397 g/mol. The third kappa shape index (κ3) is 4.51. The molecule has 0 aliphatic carbocycles. The van der Waals surface area contributed by atoms with Crippen LogP contribution < -0.4 is 10.6 Å². The molecule has 2 heterocycles. The lowest BCUT2D eigenvalue weighted by Gasteiger charge is -2.22. The van der Waals surface area contributed by atoms with Gasteiger partial charge < -0.3 is 9.73 Å². The normalized spacial score (nSPS) is 19.8. The Morgan fingerprint density at radius 1 is 1.19 bits per heavy atom. The van der Waals surface area contributed by atoms with Crippen LogP contribution in [0.4, 0.5) is 0 Å². The molecular formula is C17H17ClN2O5S. The molecule has 1 aliphatic heterocycles. The number of Topliss-reactive ketones (excluding diaryl/α,β-unsaturated/α-hetero) is 1.